The summed E-state index contributed by atoms with van der Waals surface area (Å²) in [6, 6.07) is 0. The van der Waals surface area contributed by atoms with Gasteiger partial charge in [0.1, 0.15) is 0 Å². The standard InChI is InChI=1S/C20H38O7S.2C5H5.Na.Zr.H/c1-5-9-11-16(7-3)14-26-19(21)13-18(28(23,24)25)20(22)27-15-17(8-4)12-10-6-2;2*1-2-4-5-3-1;;;/h16-18H,5-15H2,1-4H3,(H,23,24,25);2*1-3H,4H2;;;. The Hall–Kier alpha value is -0.307. The first-order chi connectivity index (χ1) is 18.6. The van der Waals surface area contributed by atoms with Crippen molar-refractivity contribution >= 4 is 51.6 Å². The Morgan fingerprint density at radius 1 is 0.875 bits per heavy atom. The predicted molar refractivity (Wildman–Crippen MR) is 159 cm³/mol. The van der Waals surface area contributed by atoms with E-state index in [2.05, 4.69) is 50.3 Å². The molecule has 0 amide bonds. The van der Waals surface area contributed by atoms with Crippen LogP contribution in [0.1, 0.15) is 98.3 Å². The second-order valence-corrected chi connectivity index (χ2v) is 15.5. The molecule has 2 rings (SSSR count). The van der Waals surface area contributed by atoms with Crippen molar-refractivity contribution in [3.63, 3.8) is 0 Å². The van der Waals surface area contributed by atoms with Gasteiger partial charge in [0.25, 0.3) is 10.1 Å². The van der Waals surface area contributed by atoms with Crippen LogP contribution in [0.15, 0.2) is 43.0 Å². The molecule has 0 spiro atoms. The van der Waals surface area contributed by atoms with Crippen molar-refractivity contribution < 1.29 is 55.3 Å². The summed E-state index contributed by atoms with van der Waals surface area (Å²) in [5.41, 5.74) is 0. The topological polar surface area (TPSA) is 107 Å². The molecular weight excluding hydrogens is 619 g/mol. The maximum absolute atomic E-state index is 12.2. The molecule has 0 aromatic heterocycles. The molecule has 0 aromatic carbocycles. The first-order valence-electron chi connectivity index (χ1n) is 14.4. The van der Waals surface area contributed by atoms with Crippen molar-refractivity contribution in [1.29, 1.82) is 0 Å². The van der Waals surface area contributed by atoms with E-state index in [1.165, 1.54) is 12.8 Å². The number of carbonyl (C=O) groups excluding carboxylic acids is 2. The molecule has 0 aliphatic heterocycles. The fourth-order valence-corrected chi connectivity index (χ4v) is 7.74. The van der Waals surface area contributed by atoms with Gasteiger partial charge in [0.05, 0.1) is 19.6 Å². The Labute approximate surface area is 276 Å². The summed E-state index contributed by atoms with van der Waals surface area (Å²) in [7, 11) is -4.76. The number of rotatable bonds is 18. The van der Waals surface area contributed by atoms with Crippen LogP contribution in [-0.2, 0) is 52.4 Å². The summed E-state index contributed by atoms with van der Waals surface area (Å²) >= 11 is -0.312. The van der Waals surface area contributed by atoms with Crippen LogP contribution in [-0.4, -0.2) is 72.9 Å². The van der Waals surface area contributed by atoms with E-state index in [-0.39, 0.29) is 77.8 Å². The summed E-state index contributed by atoms with van der Waals surface area (Å²) in [5, 5.41) is -1.95. The molecule has 7 nitrogen and oxygen atoms in total. The van der Waals surface area contributed by atoms with Crippen LogP contribution in [0.4, 0.5) is 0 Å². The van der Waals surface area contributed by atoms with E-state index in [0.717, 1.165) is 51.4 Å². The van der Waals surface area contributed by atoms with Crippen LogP contribution in [0.3, 0.4) is 0 Å². The fraction of sp³-hybridized carbons (Fsp3) is 0.667. The number of esters is 2. The Bertz CT molecular complexity index is 945. The summed E-state index contributed by atoms with van der Waals surface area (Å²) in [6.07, 6.45) is 22.8. The van der Waals surface area contributed by atoms with E-state index in [1.54, 1.807) is 6.56 Å². The quantitative estimate of drug-likeness (QED) is 0.105. The van der Waals surface area contributed by atoms with Crippen LogP contribution in [0, 0.1) is 11.8 Å². The Kier molecular flexibility index (Phi) is 23.0. The number of unbranched alkanes of at least 4 members (excludes halogenated alkanes) is 2. The van der Waals surface area contributed by atoms with E-state index < -0.39 is 33.7 Å². The van der Waals surface area contributed by atoms with E-state index >= 15 is 0 Å². The van der Waals surface area contributed by atoms with E-state index in [4.69, 9.17) is 9.47 Å². The van der Waals surface area contributed by atoms with Crippen molar-refractivity contribution in [3.05, 3.63) is 43.0 Å². The van der Waals surface area contributed by atoms with E-state index in [0.29, 0.717) is 0 Å². The first kappa shape index (κ1) is 39.7. The Balaban J connectivity index is 0.00000104. The molecule has 0 saturated heterocycles. The van der Waals surface area contributed by atoms with E-state index in [1.807, 2.05) is 13.8 Å². The zero-order valence-electron chi connectivity index (χ0n) is 24.2. The number of ether oxygens (including phenoxy) is 2. The van der Waals surface area contributed by atoms with Crippen molar-refractivity contribution in [2.45, 2.75) is 104 Å². The molecule has 1 N–H and O–H groups in total. The number of carbonyl (C=O) groups is 2. The zero-order chi connectivity index (χ0) is 29.1. The average molecular weight is 668 g/mol. The molecule has 0 heterocycles. The molecule has 0 fully saturated rings. The van der Waals surface area contributed by atoms with Gasteiger partial charge < -0.3 is 9.47 Å². The second-order valence-electron chi connectivity index (χ2n) is 10.1. The SMILES string of the molecule is C1=CC[C]([Zr][C]2=CC=CC2)=C1.CCCCC(CC)COC(=O)CC(C(=O)OCC(CC)CCCC)S(=O)(=O)O.[NaH]. The molecule has 222 valence electrons. The average Bonchev–Trinajstić information content (AvgIpc) is 3.62. The van der Waals surface area contributed by atoms with Gasteiger partial charge in [-0.3, -0.25) is 14.1 Å². The van der Waals surface area contributed by atoms with Gasteiger partial charge in [-0.2, -0.15) is 8.42 Å². The molecule has 10 heteroatoms. The van der Waals surface area contributed by atoms with Gasteiger partial charge in [-0.05, 0) is 24.7 Å². The van der Waals surface area contributed by atoms with Crippen LogP contribution < -0.4 is 0 Å². The number of allylic oxidation sites excluding steroid dienone is 8. The van der Waals surface area contributed by atoms with Crippen molar-refractivity contribution in [3.8, 4) is 0 Å². The number of hydrogen-bond acceptors (Lipinski definition) is 6. The third kappa shape index (κ3) is 17.6. The molecule has 0 bridgehead atoms. The van der Waals surface area contributed by atoms with E-state index in [9.17, 15) is 22.6 Å². The third-order valence-corrected chi connectivity index (χ3v) is 11.3. The molecule has 0 aromatic rings. The minimum atomic E-state index is -4.76. The van der Waals surface area contributed by atoms with Crippen LogP contribution >= 0.6 is 0 Å². The van der Waals surface area contributed by atoms with Crippen molar-refractivity contribution in [1.82, 2.24) is 0 Å². The summed E-state index contributed by atoms with van der Waals surface area (Å²) in [5.74, 6) is -1.61. The second kappa shape index (κ2) is 23.2. The molecular formula is C30H49NaO7SZr. The van der Waals surface area contributed by atoms with Gasteiger partial charge >= 0.3 is 121 Å². The van der Waals surface area contributed by atoms with Gasteiger partial charge in [0.15, 0.2) is 5.25 Å². The van der Waals surface area contributed by atoms with Gasteiger partial charge in [-0.15, -0.1) is 0 Å². The summed E-state index contributed by atoms with van der Waals surface area (Å²) < 4.78 is 46.2. The molecule has 0 radical (unpaired) electrons. The molecule has 3 atom stereocenters. The van der Waals surface area contributed by atoms with Crippen molar-refractivity contribution in [2.75, 3.05) is 13.2 Å². The van der Waals surface area contributed by atoms with Gasteiger partial charge in [0.2, 0.25) is 0 Å². The normalized spacial score (nSPS) is 16.0. The van der Waals surface area contributed by atoms with Gasteiger partial charge in [0, 0.05) is 0 Å². The van der Waals surface area contributed by atoms with Crippen molar-refractivity contribution in [2.24, 2.45) is 11.8 Å². The van der Waals surface area contributed by atoms with Crippen LogP contribution in [0.5, 0.6) is 0 Å². The summed E-state index contributed by atoms with van der Waals surface area (Å²) in [6.45, 7) is 8.35. The maximum atomic E-state index is 12.2. The van der Waals surface area contributed by atoms with Crippen LogP contribution in [0.25, 0.3) is 0 Å². The Morgan fingerprint density at radius 2 is 1.35 bits per heavy atom. The molecule has 2 aliphatic carbocycles. The fourth-order valence-electron chi connectivity index (χ4n) is 4.11. The summed E-state index contributed by atoms with van der Waals surface area (Å²) in [4.78, 5) is 24.2. The molecule has 3 unspecified atom stereocenters. The minimum absolute atomic E-state index is 0. The number of hydrogen-bond donors (Lipinski definition) is 1. The zero-order valence-corrected chi connectivity index (χ0v) is 27.5. The third-order valence-electron chi connectivity index (χ3n) is 6.87. The molecule has 0 saturated carbocycles. The molecule has 2 aliphatic rings. The first-order valence-corrected chi connectivity index (χ1v) is 18.4. The predicted octanol–water partition coefficient (Wildman–Crippen LogP) is 6.26. The van der Waals surface area contributed by atoms with Gasteiger partial charge in [-0.1, -0.05) is 66.2 Å². The van der Waals surface area contributed by atoms with Crippen LogP contribution in [0.2, 0.25) is 0 Å². The Morgan fingerprint density at radius 3 is 1.73 bits per heavy atom. The van der Waals surface area contributed by atoms with Gasteiger partial charge in [-0.25, -0.2) is 0 Å². The molecule has 40 heavy (non-hydrogen) atoms. The monoisotopic (exact) mass is 666 g/mol.